The highest BCUT2D eigenvalue weighted by Crippen LogP contribution is 2.14. The van der Waals surface area contributed by atoms with Crippen molar-refractivity contribution >= 4 is 16.2 Å². The molecule has 0 unspecified atom stereocenters. The topological polar surface area (TPSA) is 95.9 Å². The van der Waals surface area contributed by atoms with Crippen molar-refractivity contribution in [3.63, 3.8) is 0 Å². The van der Waals surface area contributed by atoms with Crippen LogP contribution < -0.4 is 9.46 Å². The quantitative estimate of drug-likeness (QED) is 0.726. The van der Waals surface area contributed by atoms with E-state index < -0.39 is 16.2 Å². The number of nitrogens with one attached hydrogen (secondary N) is 1. The zero-order valence-electron chi connectivity index (χ0n) is 11.4. The summed E-state index contributed by atoms with van der Waals surface area (Å²) in [5.74, 6) is -0.407. The zero-order valence-corrected chi connectivity index (χ0v) is 12.2. The van der Waals surface area contributed by atoms with Crippen LogP contribution >= 0.6 is 0 Å². The average molecular weight is 302 g/mol. The molecule has 8 heteroatoms. The molecule has 0 atom stereocenters. The summed E-state index contributed by atoms with van der Waals surface area (Å²) in [6.07, 6.45) is -0.258. The summed E-state index contributed by atoms with van der Waals surface area (Å²) in [5.41, 5.74) is 0.774. The molecule has 0 aliphatic heterocycles. The van der Waals surface area contributed by atoms with Crippen LogP contribution in [0.2, 0.25) is 0 Å². The van der Waals surface area contributed by atoms with Crippen molar-refractivity contribution in [2.24, 2.45) is 0 Å². The second kappa shape index (κ2) is 7.22. The minimum absolute atomic E-state index is 0.139. The summed E-state index contributed by atoms with van der Waals surface area (Å²) in [5, 5.41) is 8.48. The van der Waals surface area contributed by atoms with E-state index in [2.05, 4.69) is 4.72 Å². The maximum atomic E-state index is 11.9. The molecule has 20 heavy (non-hydrogen) atoms. The summed E-state index contributed by atoms with van der Waals surface area (Å²) < 4.78 is 32.1. The predicted molar refractivity (Wildman–Crippen MR) is 73.6 cm³/mol. The monoisotopic (exact) mass is 302 g/mol. The molecule has 1 rings (SSSR count). The van der Waals surface area contributed by atoms with E-state index in [1.807, 2.05) is 0 Å². The van der Waals surface area contributed by atoms with Gasteiger partial charge in [-0.15, -0.1) is 0 Å². The van der Waals surface area contributed by atoms with E-state index in [4.69, 9.17) is 9.84 Å². The van der Waals surface area contributed by atoms with Crippen LogP contribution in [0.25, 0.3) is 0 Å². The van der Waals surface area contributed by atoms with Crippen molar-refractivity contribution in [2.75, 3.05) is 20.7 Å². The highest BCUT2D eigenvalue weighted by Gasteiger charge is 2.17. The van der Waals surface area contributed by atoms with Gasteiger partial charge in [-0.3, -0.25) is 4.79 Å². The van der Waals surface area contributed by atoms with Crippen LogP contribution in [0.1, 0.15) is 12.0 Å². The SMILES string of the molecule is COc1cccc(CN(C)S(=O)(=O)NCCC(=O)O)c1. The number of carboxylic acid groups (broad SMARTS) is 1. The minimum atomic E-state index is -3.69. The molecule has 0 aliphatic rings. The lowest BCUT2D eigenvalue weighted by Gasteiger charge is -2.17. The Morgan fingerprint density at radius 1 is 1.45 bits per heavy atom. The smallest absolute Gasteiger partial charge is 0.304 e. The molecule has 0 saturated heterocycles. The highest BCUT2D eigenvalue weighted by atomic mass is 32.2. The molecular weight excluding hydrogens is 284 g/mol. The van der Waals surface area contributed by atoms with Gasteiger partial charge in [-0.25, -0.2) is 4.72 Å². The van der Waals surface area contributed by atoms with Gasteiger partial charge in [0, 0.05) is 20.1 Å². The molecule has 0 bridgehead atoms. The summed E-state index contributed by atoms with van der Waals surface area (Å²) >= 11 is 0. The van der Waals surface area contributed by atoms with Crippen LogP contribution in [0.3, 0.4) is 0 Å². The normalized spacial score (nSPS) is 11.6. The number of nitrogens with zero attached hydrogens (tertiary/aromatic N) is 1. The van der Waals surface area contributed by atoms with E-state index in [1.54, 1.807) is 24.3 Å². The third kappa shape index (κ3) is 5.16. The molecule has 0 saturated carbocycles. The maximum absolute atomic E-state index is 11.9. The molecule has 0 aliphatic carbocycles. The Bertz CT molecular complexity index is 559. The Morgan fingerprint density at radius 2 is 2.15 bits per heavy atom. The fourth-order valence-electron chi connectivity index (χ4n) is 1.51. The minimum Gasteiger partial charge on any atom is -0.497 e. The molecule has 0 aromatic heterocycles. The predicted octanol–water partition coefficient (Wildman–Crippen LogP) is 0.436. The maximum Gasteiger partial charge on any atom is 0.304 e. The molecule has 2 N–H and O–H groups in total. The van der Waals surface area contributed by atoms with Crippen LogP contribution in [-0.4, -0.2) is 44.5 Å². The van der Waals surface area contributed by atoms with Gasteiger partial charge in [-0.1, -0.05) is 12.1 Å². The van der Waals surface area contributed by atoms with Gasteiger partial charge < -0.3 is 9.84 Å². The largest absolute Gasteiger partial charge is 0.497 e. The van der Waals surface area contributed by atoms with Crippen LogP contribution in [0.15, 0.2) is 24.3 Å². The van der Waals surface area contributed by atoms with Crippen molar-refractivity contribution in [1.82, 2.24) is 9.03 Å². The lowest BCUT2D eigenvalue weighted by atomic mass is 10.2. The van der Waals surface area contributed by atoms with Crippen LogP contribution in [0, 0.1) is 0 Å². The van der Waals surface area contributed by atoms with Crippen LogP contribution in [0.5, 0.6) is 5.75 Å². The Morgan fingerprint density at radius 3 is 2.75 bits per heavy atom. The molecule has 0 spiro atoms. The Kier molecular flexibility index (Phi) is 5.93. The molecule has 112 valence electrons. The molecule has 7 nitrogen and oxygen atoms in total. The van der Waals surface area contributed by atoms with Gasteiger partial charge in [0.15, 0.2) is 0 Å². The number of methoxy groups -OCH3 is 1. The second-order valence-electron chi connectivity index (χ2n) is 4.15. The van der Waals surface area contributed by atoms with Crippen molar-refractivity contribution in [2.45, 2.75) is 13.0 Å². The average Bonchev–Trinajstić information content (AvgIpc) is 2.38. The molecule has 0 radical (unpaired) electrons. The number of ether oxygens (including phenoxy) is 1. The van der Waals surface area contributed by atoms with Crippen molar-refractivity contribution < 1.29 is 23.1 Å². The summed E-state index contributed by atoms with van der Waals surface area (Å²) in [7, 11) is -0.741. The van der Waals surface area contributed by atoms with Crippen molar-refractivity contribution in [1.29, 1.82) is 0 Å². The first kappa shape index (κ1) is 16.4. The summed E-state index contributed by atoms with van der Waals surface area (Å²) in [6, 6.07) is 7.06. The fourth-order valence-corrected chi connectivity index (χ4v) is 2.41. The lowest BCUT2D eigenvalue weighted by Crippen LogP contribution is -2.38. The van der Waals surface area contributed by atoms with Gasteiger partial charge in [-0.2, -0.15) is 12.7 Å². The van der Waals surface area contributed by atoms with Gasteiger partial charge in [-0.05, 0) is 17.7 Å². The van der Waals surface area contributed by atoms with E-state index in [0.717, 1.165) is 9.87 Å². The lowest BCUT2D eigenvalue weighted by molar-refractivity contribution is -0.136. The second-order valence-corrected chi connectivity index (χ2v) is 6.01. The number of carboxylic acids is 1. The third-order valence-corrected chi connectivity index (χ3v) is 4.09. The van der Waals surface area contributed by atoms with Gasteiger partial charge in [0.2, 0.25) is 0 Å². The van der Waals surface area contributed by atoms with E-state index in [9.17, 15) is 13.2 Å². The molecule has 0 heterocycles. The van der Waals surface area contributed by atoms with Crippen molar-refractivity contribution in [3.05, 3.63) is 29.8 Å². The molecule has 0 amide bonds. The number of aliphatic carboxylic acids is 1. The number of benzene rings is 1. The summed E-state index contributed by atoms with van der Waals surface area (Å²) in [4.78, 5) is 10.4. The number of hydrogen-bond donors (Lipinski definition) is 2. The third-order valence-electron chi connectivity index (χ3n) is 2.57. The molecule has 0 fully saturated rings. The van der Waals surface area contributed by atoms with Crippen LogP contribution in [-0.2, 0) is 21.5 Å². The van der Waals surface area contributed by atoms with Crippen molar-refractivity contribution in [3.8, 4) is 5.75 Å². The summed E-state index contributed by atoms with van der Waals surface area (Å²) in [6.45, 7) is 0.0275. The van der Waals surface area contributed by atoms with E-state index in [-0.39, 0.29) is 19.5 Å². The van der Waals surface area contributed by atoms with Crippen LogP contribution in [0.4, 0.5) is 0 Å². The van der Waals surface area contributed by atoms with E-state index in [1.165, 1.54) is 14.2 Å². The molecule has 1 aromatic carbocycles. The Labute approximate surface area is 118 Å². The van der Waals surface area contributed by atoms with E-state index >= 15 is 0 Å². The Hall–Kier alpha value is -1.64. The molecule has 1 aromatic rings. The fraction of sp³-hybridized carbons (Fsp3) is 0.417. The molecular formula is C12H18N2O5S. The van der Waals surface area contributed by atoms with Gasteiger partial charge in [0.1, 0.15) is 5.75 Å². The zero-order chi connectivity index (χ0) is 15.2. The highest BCUT2D eigenvalue weighted by molar-refractivity contribution is 7.87. The first-order valence-corrected chi connectivity index (χ1v) is 7.35. The number of rotatable bonds is 8. The van der Waals surface area contributed by atoms with Gasteiger partial charge in [0.25, 0.3) is 10.2 Å². The number of hydrogen-bond acceptors (Lipinski definition) is 4. The van der Waals surface area contributed by atoms with E-state index in [0.29, 0.717) is 5.75 Å². The van der Waals surface area contributed by atoms with Gasteiger partial charge in [0.05, 0.1) is 13.5 Å². The number of carbonyl (C=O) groups is 1. The standard InChI is InChI=1S/C12H18N2O5S/c1-14(20(17,18)13-7-6-12(15)16)9-10-4-3-5-11(8-10)19-2/h3-5,8,13H,6-7,9H2,1-2H3,(H,15,16). The van der Waals surface area contributed by atoms with Gasteiger partial charge >= 0.3 is 5.97 Å². The first-order chi connectivity index (χ1) is 9.35. The first-order valence-electron chi connectivity index (χ1n) is 5.91. The Balaban J connectivity index is 2.64.